The van der Waals surface area contributed by atoms with Crippen LogP contribution in [0.2, 0.25) is 0 Å². The molecular weight excluding hydrogens is 449 g/mol. The van der Waals surface area contributed by atoms with Crippen molar-refractivity contribution < 1.29 is 27.1 Å². The molecule has 4 rings (SSSR count). The number of rotatable bonds is 6. The number of carbonyl (C=O) groups excluding carboxylic acids is 1. The molecule has 0 bridgehead atoms. The van der Waals surface area contributed by atoms with Crippen LogP contribution in [0, 0.1) is 12.7 Å². The molecule has 2 aliphatic rings. The number of anilines is 1. The number of piperazine rings is 1. The van der Waals surface area contributed by atoms with Crippen molar-refractivity contribution in [3.8, 4) is 5.75 Å². The summed E-state index contributed by atoms with van der Waals surface area (Å²) < 4.78 is 52.0. The average molecular weight is 478 g/mol. The second-order valence-electron chi connectivity index (χ2n) is 8.05. The van der Waals surface area contributed by atoms with E-state index in [-0.39, 0.29) is 23.2 Å². The molecule has 2 aliphatic heterocycles. The molecule has 0 spiro atoms. The van der Waals surface area contributed by atoms with Crippen molar-refractivity contribution in [2.24, 2.45) is 0 Å². The molecule has 178 valence electrons. The van der Waals surface area contributed by atoms with Crippen LogP contribution in [0.25, 0.3) is 0 Å². The lowest BCUT2D eigenvalue weighted by atomic mass is 10.2. The van der Waals surface area contributed by atoms with Crippen LogP contribution >= 0.6 is 0 Å². The van der Waals surface area contributed by atoms with Gasteiger partial charge in [-0.15, -0.1) is 0 Å². The zero-order valence-corrected chi connectivity index (χ0v) is 19.4. The normalized spacial score (nSPS) is 17.8. The summed E-state index contributed by atoms with van der Waals surface area (Å²) in [4.78, 5) is 16.4. The molecule has 0 atom stereocenters. The van der Waals surface area contributed by atoms with Gasteiger partial charge in [0.25, 0.3) is 5.91 Å². The van der Waals surface area contributed by atoms with Gasteiger partial charge in [-0.2, -0.15) is 4.31 Å². The van der Waals surface area contributed by atoms with Crippen LogP contribution in [0.3, 0.4) is 0 Å². The highest BCUT2D eigenvalue weighted by Gasteiger charge is 2.27. The first-order chi connectivity index (χ1) is 15.9. The van der Waals surface area contributed by atoms with Gasteiger partial charge in [-0.3, -0.25) is 4.79 Å². The fourth-order valence-corrected chi connectivity index (χ4v) is 5.51. The molecule has 1 amide bonds. The number of benzene rings is 2. The minimum Gasteiger partial charge on any atom is -0.483 e. The van der Waals surface area contributed by atoms with E-state index in [0.29, 0.717) is 69.5 Å². The highest BCUT2D eigenvalue weighted by Crippen LogP contribution is 2.25. The van der Waals surface area contributed by atoms with E-state index in [9.17, 15) is 17.6 Å². The van der Waals surface area contributed by atoms with Crippen LogP contribution in [0.5, 0.6) is 5.75 Å². The number of para-hydroxylation sites is 1. The molecule has 2 fully saturated rings. The van der Waals surface area contributed by atoms with E-state index in [2.05, 4.69) is 0 Å². The maximum Gasteiger partial charge on any atom is 0.260 e. The molecule has 2 aromatic carbocycles. The van der Waals surface area contributed by atoms with Gasteiger partial charge in [0.05, 0.1) is 23.8 Å². The number of morpholine rings is 1. The third kappa shape index (κ3) is 5.29. The lowest BCUT2D eigenvalue weighted by Gasteiger charge is -2.36. The van der Waals surface area contributed by atoms with E-state index in [0.717, 1.165) is 0 Å². The largest absolute Gasteiger partial charge is 0.483 e. The SMILES string of the molecule is Cc1cc(S(=O)(=O)N2CCOCC2)ccc1OCC(=O)N1CCN(c2ccccc2F)CC1. The molecule has 0 radical (unpaired) electrons. The van der Waals surface area contributed by atoms with Gasteiger partial charge in [-0.1, -0.05) is 12.1 Å². The summed E-state index contributed by atoms with van der Waals surface area (Å²) in [5.74, 6) is 0.0389. The summed E-state index contributed by atoms with van der Waals surface area (Å²) in [5.41, 5.74) is 1.19. The maximum absolute atomic E-state index is 14.0. The van der Waals surface area contributed by atoms with Crippen LogP contribution in [-0.2, 0) is 19.6 Å². The monoisotopic (exact) mass is 477 g/mol. The summed E-state index contributed by atoms with van der Waals surface area (Å²) in [6, 6.07) is 11.3. The van der Waals surface area contributed by atoms with Crippen molar-refractivity contribution in [3.05, 3.63) is 53.8 Å². The van der Waals surface area contributed by atoms with E-state index in [1.807, 2.05) is 4.90 Å². The summed E-state index contributed by atoms with van der Waals surface area (Å²) in [5, 5.41) is 0. The number of aryl methyl sites for hydroxylation is 1. The highest BCUT2D eigenvalue weighted by molar-refractivity contribution is 7.89. The Morgan fingerprint density at radius 3 is 2.39 bits per heavy atom. The van der Waals surface area contributed by atoms with Crippen LogP contribution in [0.1, 0.15) is 5.56 Å². The van der Waals surface area contributed by atoms with Gasteiger partial charge in [0.15, 0.2) is 6.61 Å². The number of sulfonamides is 1. The van der Waals surface area contributed by atoms with Gasteiger partial charge in [0.1, 0.15) is 11.6 Å². The first-order valence-electron chi connectivity index (χ1n) is 10.9. The topological polar surface area (TPSA) is 79.4 Å². The van der Waals surface area contributed by atoms with Crippen LogP contribution in [0.4, 0.5) is 10.1 Å². The van der Waals surface area contributed by atoms with Crippen LogP contribution in [0.15, 0.2) is 47.4 Å². The Bertz CT molecular complexity index is 1100. The predicted octanol–water partition coefficient (Wildman–Crippen LogP) is 1.88. The molecule has 2 heterocycles. The molecule has 2 aromatic rings. The molecule has 2 saturated heterocycles. The number of hydrogen-bond donors (Lipinski definition) is 0. The Kier molecular flexibility index (Phi) is 7.16. The van der Waals surface area contributed by atoms with Crippen molar-refractivity contribution in [2.75, 3.05) is 64.0 Å². The second-order valence-corrected chi connectivity index (χ2v) is 9.99. The lowest BCUT2D eigenvalue weighted by molar-refractivity contribution is -0.133. The highest BCUT2D eigenvalue weighted by atomic mass is 32.2. The first kappa shape index (κ1) is 23.5. The Labute approximate surface area is 193 Å². The van der Waals surface area contributed by atoms with Gasteiger partial charge < -0.3 is 19.3 Å². The fourth-order valence-electron chi connectivity index (χ4n) is 4.02. The summed E-state index contributed by atoms with van der Waals surface area (Å²) in [6.45, 7) is 5.09. The van der Waals surface area contributed by atoms with Crippen LogP contribution in [-0.4, -0.2) is 82.6 Å². The summed E-state index contributed by atoms with van der Waals surface area (Å²) >= 11 is 0. The second kappa shape index (κ2) is 10.1. The number of ether oxygens (including phenoxy) is 2. The fraction of sp³-hybridized carbons (Fsp3) is 0.435. The Balaban J connectivity index is 1.32. The number of carbonyl (C=O) groups is 1. The van der Waals surface area contributed by atoms with Crippen LogP contribution < -0.4 is 9.64 Å². The molecule has 0 unspecified atom stereocenters. The van der Waals surface area contributed by atoms with Crippen molar-refractivity contribution in [1.82, 2.24) is 9.21 Å². The molecule has 0 aromatic heterocycles. The van der Waals surface area contributed by atoms with E-state index >= 15 is 0 Å². The van der Waals surface area contributed by atoms with Gasteiger partial charge in [0, 0.05) is 39.3 Å². The molecule has 0 aliphatic carbocycles. The van der Waals surface area contributed by atoms with Gasteiger partial charge >= 0.3 is 0 Å². The molecule has 0 N–H and O–H groups in total. The Hall–Kier alpha value is -2.69. The van der Waals surface area contributed by atoms with Crippen molar-refractivity contribution in [3.63, 3.8) is 0 Å². The number of halogens is 1. The number of nitrogens with zero attached hydrogens (tertiary/aromatic N) is 3. The average Bonchev–Trinajstić information content (AvgIpc) is 2.84. The Morgan fingerprint density at radius 1 is 1.03 bits per heavy atom. The van der Waals surface area contributed by atoms with Crippen molar-refractivity contribution in [2.45, 2.75) is 11.8 Å². The number of hydrogen-bond acceptors (Lipinski definition) is 6. The smallest absolute Gasteiger partial charge is 0.260 e. The van der Waals surface area contributed by atoms with Crippen molar-refractivity contribution >= 4 is 21.6 Å². The van der Waals surface area contributed by atoms with E-state index < -0.39 is 10.0 Å². The van der Waals surface area contributed by atoms with E-state index in [4.69, 9.17) is 9.47 Å². The molecular formula is C23H28FN3O5S. The van der Waals surface area contributed by atoms with E-state index in [1.165, 1.54) is 16.4 Å². The summed E-state index contributed by atoms with van der Waals surface area (Å²) in [6.07, 6.45) is 0. The minimum absolute atomic E-state index is 0.143. The lowest BCUT2D eigenvalue weighted by Crippen LogP contribution is -2.50. The first-order valence-corrected chi connectivity index (χ1v) is 12.4. The number of amides is 1. The molecule has 10 heteroatoms. The third-order valence-corrected chi connectivity index (χ3v) is 7.83. The zero-order valence-electron chi connectivity index (χ0n) is 18.6. The molecule has 8 nitrogen and oxygen atoms in total. The van der Waals surface area contributed by atoms with Gasteiger partial charge in [-0.25, -0.2) is 12.8 Å². The minimum atomic E-state index is -3.59. The Morgan fingerprint density at radius 2 is 1.73 bits per heavy atom. The van der Waals surface area contributed by atoms with E-state index in [1.54, 1.807) is 42.2 Å². The zero-order chi connectivity index (χ0) is 23.4. The molecule has 0 saturated carbocycles. The summed E-state index contributed by atoms with van der Waals surface area (Å²) in [7, 11) is -3.59. The van der Waals surface area contributed by atoms with Gasteiger partial charge in [-0.05, 0) is 42.8 Å². The predicted molar refractivity (Wildman–Crippen MR) is 121 cm³/mol. The third-order valence-electron chi connectivity index (χ3n) is 5.93. The van der Waals surface area contributed by atoms with Crippen molar-refractivity contribution in [1.29, 1.82) is 0 Å². The quantitative estimate of drug-likeness (QED) is 0.632. The maximum atomic E-state index is 14.0. The van der Waals surface area contributed by atoms with Gasteiger partial charge in [0.2, 0.25) is 10.0 Å². The molecule has 33 heavy (non-hydrogen) atoms. The standard InChI is InChI=1S/C23H28FN3O5S/c1-18-16-19(33(29,30)27-12-14-31-15-13-27)6-7-22(18)32-17-23(28)26-10-8-25(9-11-26)21-5-3-2-4-20(21)24/h2-7,16H,8-15,17H2,1H3.